The zero-order valence-corrected chi connectivity index (χ0v) is 11.3. The molecule has 0 spiro atoms. The molecule has 1 amide bonds. The molecule has 0 aliphatic carbocycles. The number of carbonyl (C=O) groups is 2. The number of thiazole rings is 1. The van der Waals surface area contributed by atoms with Crippen molar-refractivity contribution in [2.45, 2.75) is 32.9 Å². The third-order valence-electron chi connectivity index (χ3n) is 2.23. The van der Waals surface area contributed by atoms with Crippen LogP contribution in [0, 0.1) is 0 Å². The third-order valence-corrected chi connectivity index (χ3v) is 3.39. The quantitative estimate of drug-likeness (QED) is 0.818. The zero-order valence-electron chi connectivity index (χ0n) is 10.5. The van der Waals surface area contributed by atoms with Crippen LogP contribution in [-0.4, -0.2) is 34.6 Å². The molecule has 2 N–H and O–H groups in total. The molecule has 0 bridgehead atoms. The van der Waals surface area contributed by atoms with Gasteiger partial charge in [-0.3, -0.25) is 9.59 Å². The van der Waals surface area contributed by atoms with Gasteiger partial charge in [0.1, 0.15) is 22.0 Å². The molecular weight excluding hydrogens is 256 g/mol. The number of aromatic nitrogens is 1. The number of hydrogen-bond acceptors (Lipinski definition) is 5. The van der Waals surface area contributed by atoms with E-state index in [4.69, 9.17) is 9.84 Å². The van der Waals surface area contributed by atoms with Gasteiger partial charge in [0.05, 0.1) is 6.20 Å². The maximum atomic E-state index is 11.7. The van der Waals surface area contributed by atoms with E-state index in [2.05, 4.69) is 10.3 Å². The number of amides is 1. The summed E-state index contributed by atoms with van der Waals surface area (Å²) in [5.74, 6) is -1.51. The van der Waals surface area contributed by atoms with Crippen molar-refractivity contribution in [2.24, 2.45) is 0 Å². The molecule has 18 heavy (non-hydrogen) atoms. The van der Waals surface area contributed by atoms with Gasteiger partial charge in [-0.05, 0) is 20.8 Å². The van der Waals surface area contributed by atoms with Crippen LogP contribution in [-0.2, 0) is 9.53 Å². The summed E-state index contributed by atoms with van der Waals surface area (Å²) in [6, 6.07) is -0.924. The van der Waals surface area contributed by atoms with Crippen molar-refractivity contribution < 1.29 is 19.4 Å². The molecule has 2 atom stereocenters. The summed E-state index contributed by atoms with van der Waals surface area (Å²) < 4.78 is 5.36. The molecule has 0 saturated carbocycles. The Morgan fingerprint density at radius 2 is 2.22 bits per heavy atom. The Bertz CT molecular complexity index is 432. The van der Waals surface area contributed by atoms with E-state index in [1.807, 2.05) is 13.8 Å². The maximum absolute atomic E-state index is 11.7. The van der Waals surface area contributed by atoms with Crippen LogP contribution < -0.4 is 5.32 Å². The van der Waals surface area contributed by atoms with E-state index in [0.717, 1.165) is 0 Å². The molecule has 1 aromatic heterocycles. The summed E-state index contributed by atoms with van der Waals surface area (Å²) in [4.78, 5) is 26.8. The summed E-state index contributed by atoms with van der Waals surface area (Å²) in [6.45, 7) is 5.71. The Morgan fingerprint density at radius 1 is 1.56 bits per heavy atom. The highest BCUT2D eigenvalue weighted by molar-refractivity contribution is 7.13. The second kappa shape index (κ2) is 6.46. The minimum atomic E-state index is -1.07. The van der Waals surface area contributed by atoms with Crippen molar-refractivity contribution in [1.82, 2.24) is 10.3 Å². The molecule has 7 heteroatoms. The Labute approximate surface area is 109 Å². The first-order valence-electron chi connectivity index (χ1n) is 5.56. The molecule has 1 rings (SSSR count). The number of carboxylic acids is 1. The molecular formula is C11H16N2O4S. The zero-order chi connectivity index (χ0) is 13.7. The average molecular weight is 272 g/mol. The fourth-order valence-electron chi connectivity index (χ4n) is 1.23. The van der Waals surface area contributed by atoms with Crippen LogP contribution in [0.1, 0.15) is 41.6 Å². The number of rotatable bonds is 6. The van der Waals surface area contributed by atoms with Crippen molar-refractivity contribution in [1.29, 1.82) is 0 Å². The van der Waals surface area contributed by atoms with Crippen LogP contribution in [0.4, 0.5) is 0 Å². The van der Waals surface area contributed by atoms with Crippen LogP contribution in [0.2, 0.25) is 0 Å². The second-order valence-electron chi connectivity index (χ2n) is 3.69. The molecule has 1 heterocycles. The Morgan fingerprint density at radius 3 is 2.78 bits per heavy atom. The van der Waals surface area contributed by atoms with Crippen LogP contribution in [0.3, 0.4) is 0 Å². The summed E-state index contributed by atoms with van der Waals surface area (Å²) in [5.41, 5.74) is 0. The maximum Gasteiger partial charge on any atom is 0.325 e. The third kappa shape index (κ3) is 3.78. The predicted molar refractivity (Wildman–Crippen MR) is 66.7 cm³/mol. The summed E-state index contributed by atoms with van der Waals surface area (Å²) in [7, 11) is 0. The number of nitrogens with one attached hydrogen (secondary N) is 1. The molecule has 0 radical (unpaired) electrons. The van der Waals surface area contributed by atoms with E-state index in [9.17, 15) is 9.59 Å². The van der Waals surface area contributed by atoms with Gasteiger partial charge in [-0.15, -0.1) is 11.3 Å². The molecule has 0 aromatic carbocycles. The van der Waals surface area contributed by atoms with E-state index in [1.165, 1.54) is 24.5 Å². The highest BCUT2D eigenvalue weighted by atomic mass is 32.1. The summed E-state index contributed by atoms with van der Waals surface area (Å²) in [6.07, 6.45) is 1.26. The number of ether oxygens (including phenoxy) is 1. The highest BCUT2D eigenvalue weighted by Gasteiger charge is 2.18. The van der Waals surface area contributed by atoms with E-state index in [-0.39, 0.29) is 6.10 Å². The fraction of sp³-hybridized carbons (Fsp3) is 0.545. The molecule has 100 valence electrons. The van der Waals surface area contributed by atoms with Crippen LogP contribution >= 0.6 is 11.3 Å². The van der Waals surface area contributed by atoms with E-state index in [0.29, 0.717) is 16.5 Å². The molecule has 0 aliphatic rings. The lowest BCUT2D eigenvalue weighted by Crippen LogP contribution is -2.37. The van der Waals surface area contributed by atoms with Crippen molar-refractivity contribution in [3.05, 3.63) is 16.1 Å². The Balaban J connectivity index is 2.67. The highest BCUT2D eigenvalue weighted by Crippen LogP contribution is 2.22. The van der Waals surface area contributed by atoms with Crippen molar-refractivity contribution in [3.63, 3.8) is 0 Å². The molecule has 6 nitrogen and oxygen atoms in total. The normalized spacial score (nSPS) is 13.9. The minimum absolute atomic E-state index is 0.168. The van der Waals surface area contributed by atoms with Gasteiger partial charge in [0.2, 0.25) is 0 Å². The lowest BCUT2D eigenvalue weighted by atomic mass is 10.3. The van der Waals surface area contributed by atoms with E-state index >= 15 is 0 Å². The SMILES string of the molecule is CCOC(C)c1ncc(C(=O)N[C@@H](C)C(=O)O)s1. The second-order valence-corrected chi connectivity index (χ2v) is 4.76. The number of nitrogens with zero attached hydrogens (tertiary/aromatic N) is 1. The molecule has 0 saturated heterocycles. The van der Waals surface area contributed by atoms with Crippen LogP contribution in [0.15, 0.2) is 6.20 Å². The predicted octanol–water partition coefficient (Wildman–Crippen LogP) is 1.44. The van der Waals surface area contributed by atoms with Gasteiger partial charge in [0.25, 0.3) is 5.91 Å². The first-order valence-corrected chi connectivity index (χ1v) is 6.38. The first kappa shape index (κ1) is 14.6. The van der Waals surface area contributed by atoms with Crippen molar-refractivity contribution in [3.8, 4) is 0 Å². The fourth-order valence-corrected chi connectivity index (χ4v) is 2.05. The summed E-state index contributed by atoms with van der Waals surface area (Å²) in [5, 5.41) is 11.8. The van der Waals surface area contributed by atoms with Gasteiger partial charge in [-0.25, -0.2) is 4.98 Å². The monoisotopic (exact) mass is 272 g/mol. The average Bonchev–Trinajstić information content (AvgIpc) is 2.78. The van der Waals surface area contributed by atoms with E-state index < -0.39 is 17.9 Å². The lowest BCUT2D eigenvalue weighted by Gasteiger charge is -2.08. The van der Waals surface area contributed by atoms with Gasteiger partial charge in [-0.2, -0.15) is 0 Å². The van der Waals surface area contributed by atoms with Gasteiger partial charge in [0.15, 0.2) is 0 Å². The number of carboxylic acid groups (broad SMARTS) is 1. The number of hydrogen-bond donors (Lipinski definition) is 2. The van der Waals surface area contributed by atoms with Gasteiger partial charge in [-0.1, -0.05) is 0 Å². The van der Waals surface area contributed by atoms with Crippen molar-refractivity contribution >= 4 is 23.2 Å². The molecule has 1 unspecified atom stereocenters. The van der Waals surface area contributed by atoms with Crippen molar-refractivity contribution in [2.75, 3.05) is 6.61 Å². The van der Waals surface area contributed by atoms with Gasteiger partial charge in [0, 0.05) is 6.61 Å². The number of carbonyl (C=O) groups excluding carboxylic acids is 1. The van der Waals surface area contributed by atoms with Gasteiger partial charge < -0.3 is 15.2 Å². The lowest BCUT2D eigenvalue weighted by molar-refractivity contribution is -0.138. The van der Waals surface area contributed by atoms with Gasteiger partial charge >= 0.3 is 5.97 Å². The smallest absolute Gasteiger partial charge is 0.325 e. The molecule has 1 aromatic rings. The van der Waals surface area contributed by atoms with Crippen LogP contribution in [0.25, 0.3) is 0 Å². The summed E-state index contributed by atoms with van der Waals surface area (Å²) >= 11 is 1.20. The Hall–Kier alpha value is -1.47. The topological polar surface area (TPSA) is 88.5 Å². The van der Waals surface area contributed by atoms with E-state index in [1.54, 1.807) is 0 Å². The standard InChI is InChI=1S/C11H16N2O4S/c1-4-17-7(3)10-12-5-8(18-10)9(14)13-6(2)11(15)16/h5-7H,4H2,1-3H3,(H,13,14)(H,15,16)/t6-,7?/m0/s1. The molecule has 0 fully saturated rings. The number of aliphatic carboxylic acids is 1. The Kier molecular flexibility index (Phi) is 5.24. The largest absolute Gasteiger partial charge is 0.480 e. The molecule has 0 aliphatic heterocycles. The minimum Gasteiger partial charge on any atom is -0.480 e. The first-order chi connectivity index (χ1) is 8.45. The van der Waals surface area contributed by atoms with Crippen LogP contribution in [0.5, 0.6) is 0 Å².